The number of carbonyl (C=O) groups is 2. The Morgan fingerprint density at radius 3 is 1.65 bits per heavy atom. The van der Waals surface area contributed by atoms with Crippen molar-refractivity contribution in [3.05, 3.63) is 114 Å². The fourth-order valence-corrected chi connectivity index (χ4v) is 4.03. The van der Waals surface area contributed by atoms with Gasteiger partial charge in [-0.25, -0.2) is 9.59 Å². The van der Waals surface area contributed by atoms with Crippen LogP contribution in [0.25, 0.3) is 0 Å². The smallest absolute Gasteiger partial charge is 0.330 e. The summed E-state index contributed by atoms with van der Waals surface area (Å²) < 4.78 is 10.3. The average Bonchev–Trinajstić information content (AvgIpc) is 2.91. The summed E-state index contributed by atoms with van der Waals surface area (Å²) in [6.45, 7) is 11.8. The van der Waals surface area contributed by atoms with Crippen LogP contribution in [0.5, 0.6) is 0 Å². The van der Waals surface area contributed by atoms with Gasteiger partial charge in [0.1, 0.15) is 0 Å². The molecular weight excluding hydrogens is 462 g/mol. The van der Waals surface area contributed by atoms with E-state index in [2.05, 4.69) is 98.6 Å². The second-order valence-electron chi connectivity index (χ2n) is 8.89. The van der Waals surface area contributed by atoms with Crippen molar-refractivity contribution in [2.24, 2.45) is 0 Å². The summed E-state index contributed by atoms with van der Waals surface area (Å²) in [5.74, 6) is -0.790. The minimum atomic E-state index is -0.395. The van der Waals surface area contributed by atoms with Gasteiger partial charge in [-0.1, -0.05) is 43.5 Å². The summed E-state index contributed by atoms with van der Waals surface area (Å²) in [5, 5.41) is 0. The third-order valence-corrected chi connectivity index (χ3v) is 6.13. The molecule has 0 bridgehead atoms. The summed E-state index contributed by atoms with van der Waals surface area (Å²) in [4.78, 5) is 24.9. The Kier molecular flexibility index (Phi) is 10.3. The first-order valence-electron chi connectivity index (χ1n) is 12.5. The van der Waals surface area contributed by atoms with Crippen molar-refractivity contribution in [3.63, 3.8) is 0 Å². The Balaban J connectivity index is 1.85. The first kappa shape index (κ1) is 27.5. The van der Waals surface area contributed by atoms with Crippen LogP contribution in [-0.2, 0) is 31.9 Å². The molecule has 5 heteroatoms. The lowest BCUT2D eigenvalue weighted by atomic mass is 10.0. The van der Waals surface area contributed by atoms with Crippen LogP contribution in [0.1, 0.15) is 35.1 Å². The van der Waals surface area contributed by atoms with Crippen LogP contribution >= 0.6 is 0 Å². The zero-order valence-electron chi connectivity index (χ0n) is 21.7. The normalized spacial score (nSPS) is 10.4. The van der Waals surface area contributed by atoms with Crippen LogP contribution in [0.3, 0.4) is 0 Å². The van der Waals surface area contributed by atoms with Crippen molar-refractivity contribution in [2.45, 2.75) is 39.5 Å². The van der Waals surface area contributed by atoms with Crippen LogP contribution in [0.15, 0.2) is 92.0 Å². The zero-order chi connectivity index (χ0) is 26.6. The van der Waals surface area contributed by atoms with E-state index in [0.29, 0.717) is 13.2 Å². The molecule has 0 aliphatic carbocycles. The van der Waals surface area contributed by atoms with Gasteiger partial charge in [-0.15, -0.1) is 0 Å². The topological polar surface area (TPSA) is 55.8 Å². The molecule has 0 atom stereocenters. The lowest BCUT2D eigenvalue weighted by molar-refractivity contribution is -0.138. The van der Waals surface area contributed by atoms with Crippen molar-refractivity contribution in [2.75, 3.05) is 18.1 Å². The minimum Gasteiger partial charge on any atom is -0.463 e. The van der Waals surface area contributed by atoms with E-state index in [1.54, 1.807) is 0 Å². The van der Waals surface area contributed by atoms with Gasteiger partial charge in [0.15, 0.2) is 0 Å². The van der Waals surface area contributed by atoms with Crippen molar-refractivity contribution in [1.82, 2.24) is 0 Å². The highest BCUT2D eigenvalue weighted by molar-refractivity contribution is 5.81. The standard InChI is InChI=1S/C32H35NO4/c1-5-31(34)36-19-9-13-26-11-7-15-28(22-26)33(30-18-17-24(3)25(4)21-30)29-16-8-12-27(23-29)14-10-20-37-32(35)6-2/h5-8,11-12,15-18,21-23H,1-2,9-10,13-14,19-20H2,3-4H3. The van der Waals surface area contributed by atoms with Gasteiger partial charge in [-0.3, -0.25) is 0 Å². The number of hydrogen-bond donors (Lipinski definition) is 0. The second-order valence-corrected chi connectivity index (χ2v) is 8.89. The maximum atomic E-state index is 11.3. The molecule has 0 amide bonds. The number of aryl methyl sites for hydroxylation is 4. The first-order valence-corrected chi connectivity index (χ1v) is 12.5. The van der Waals surface area contributed by atoms with E-state index in [9.17, 15) is 9.59 Å². The lowest BCUT2D eigenvalue weighted by Crippen LogP contribution is -2.11. The molecule has 0 heterocycles. The zero-order valence-corrected chi connectivity index (χ0v) is 21.7. The Hall–Kier alpha value is -4.12. The molecule has 0 saturated heterocycles. The fraction of sp³-hybridized carbons (Fsp3) is 0.250. The monoisotopic (exact) mass is 497 g/mol. The van der Waals surface area contributed by atoms with E-state index >= 15 is 0 Å². The number of nitrogens with zero attached hydrogens (tertiary/aromatic N) is 1. The largest absolute Gasteiger partial charge is 0.463 e. The summed E-state index contributed by atoms with van der Waals surface area (Å²) >= 11 is 0. The van der Waals surface area contributed by atoms with Gasteiger partial charge in [0.2, 0.25) is 0 Å². The van der Waals surface area contributed by atoms with Crippen molar-refractivity contribution < 1.29 is 19.1 Å². The molecule has 3 rings (SSSR count). The highest BCUT2D eigenvalue weighted by Gasteiger charge is 2.14. The molecule has 37 heavy (non-hydrogen) atoms. The van der Waals surface area contributed by atoms with E-state index < -0.39 is 11.9 Å². The van der Waals surface area contributed by atoms with Crippen LogP contribution in [-0.4, -0.2) is 25.2 Å². The van der Waals surface area contributed by atoms with Gasteiger partial charge in [0.25, 0.3) is 0 Å². The predicted molar refractivity (Wildman–Crippen MR) is 150 cm³/mol. The Morgan fingerprint density at radius 2 is 1.19 bits per heavy atom. The SMILES string of the molecule is C=CC(=O)OCCCc1cccc(N(c2cccc(CCCOC(=O)C=C)c2)c2ccc(C)c(C)c2)c1. The van der Waals surface area contributed by atoms with E-state index in [1.165, 1.54) is 34.4 Å². The Bertz CT molecular complexity index is 1180. The van der Waals surface area contributed by atoms with Gasteiger partial charge in [-0.05, 0) is 98.2 Å². The molecule has 0 aliphatic heterocycles. The number of hydrogen-bond acceptors (Lipinski definition) is 5. The Labute approximate surface area is 220 Å². The van der Waals surface area contributed by atoms with Gasteiger partial charge in [0, 0.05) is 29.2 Å². The molecule has 0 spiro atoms. The molecule has 3 aromatic rings. The summed E-state index contributed by atoms with van der Waals surface area (Å²) in [6, 6.07) is 23.4. The third kappa shape index (κ3) is 8.21. The van der Waals surface area contributed by atoms with Crippen LogP contribution in [0.2, 0.25) is 0 Å². The van der Waals surface area contributed by atoms with E-state index in [1.807, 2.05) is 0 Å². The van der Waals surface area contributed by atoms with Crippen LogP contribution in [0.4, 0.5) is 17.1 Å². The van der Waals surface area contributed by atoms with E-state index in [0.717, 1.165) is 42.7 Å². The van der Waals surface area contributed by atoms with E-state index in [4.69, 9.17) is 9.47 Å². The molecule has 0 radical (unpaired) electrons. The molecule has 0 N–H and O–H groups in total. The summed E-state index contributed by atoms with van der Waals surface area (Å²) in [5.41, 5.74) is 8.00. The summed E-state index contributed by atoms with van der Waals surface area (Å²) in [6.07, 6.45) is 5.43. The molecule has 0 fully saturated rings. The number of benzene rings is 3. The molecule has 0 aromatic heterocycles. The Morgan fingerprint density at radius 1 is 0.703 bits per heavy atom. The number of rotatable bonds is 13. The molecule has 3 aromatic carbocycles. The quantitative estimate of drug-likeness (QED) is 0.143. The molecule has 0 aliphatic rings. The van der Waals surface area contributed by atoms with Gasteiger partial charge >= 0.3 is 11.9 Å². The second kappa shape index (κ2) is 13.8. The third-order valence-electron chi connectivity index (χ3n) is 6.13. The fourth-order valence-electron chi connectivity index (χ4n) is 4.03. The highest BCUT2D eigenvalue weighted by Crippen LogP contribution is 2.36. The lowest BCUT2D eigenvalue weighted by Gasteiger charge is -2.27. The number of ether oxygens (including phenoxy) is 2. The van der Waals surface area contributed by atoms with Crippen molar-refractivity contribution >= 4 is 29.0 Å². The maximum Gasteiger partial charge on any atom is 0.330 e. The van der Waals surface area contributed by atoms with Crippen LogP contribution < -0.4 is 4.90 Å². The van der Waals surface area contributed by atoms with Crippen LogP contribution in [0, 0.1) is 13.8 Å². The molecule has 192 valence electrons. The molecule has 0 unspecified atom stereocenters. The van der Waals surface area contributed by atoms with Gasteiger partial charge < -0.3 is 14.4 Å². The number of esters is 2. The maximum absolute atomic E-state index is 11.3. The van der Waals surface area contributed by atoms with Gasteiger partial charge in [0.05, 0.1) is 13.2 Å². The highest BCUT2D eigenvalue weighted by atomic mass is 16.5. The first-order chi connectivity index (χ1) is 17.9. The minimum absolute atomic E-state index is 0.361. The predicted octanol–water partition coefficient (Wildman–Crippen LogP) is 7.10. The summed E-state index contributed by atoms with van der Waals surface area (Å²) in [7, 11) is 0. The van der Waals surface area contributed by atoms with Crippen molar-refractivity contribution in [1.29, 1.82) is 0 Å². The van der Waals surface area contributed by atoms with Gasteiger partial charge in [-0.2, -0.15) is 0 Å². The molecule has 0 saturated carbocycles. The number of anilines is 3. The molecule has 5 nitrogen and oxygen atoms in total. The number of carbonyl (C=O) groups excluding carboxylic acids is 2. The molecular formula is C32H35NO4. The van der Waals surface area contributed by atoms with Crippen molar-refractivity contribution in [3.8, 4) is 0 Å². The van der Waals surface area contributed by atoms with E-state index in [-0.39, 0.29) is 0 Å². The average molecular weight is 498 g/mol.